The van der Waals surface area contributed by atoms with Crippen molar-refractivity contribution in [2.45, 2.75) is 6.92 Å². The fourth-order valence-corrected chi connectivity index (χ4v) is 0.562. The molecule has 0 rings (SSSR count). The second-order valence-corrected chi connectivity index (χ2v) is 2.37. The van der Waals surface area contributed by atoms with Gasteiger partial charge in [-0.15, -0.1) is 0 Å². The molecule has 0 aromatic rings. The molecule has 0 aliphatic heterocycles. The van der Waals surface area contributed by atoms with Gasteiger partial charge in [0.05, 0.1) is 12.4 Å². The summed E-state index contributed by atoms with van der Waals surface area (Å²) >= 11 is 0. The fourth-order valence-electron chi connectivity index (χ4n) is 0.283. The summed E-state index contributed by atoms with van der Waals surface area (Å²) in [4.78, 5) is 0. The zero-order chi connectivity index (χ0) is 6.41. The maximum Gasteiger partial charge on any atom is 0.142 e. The van der Waals surface area contributed by atoms with E-state index in [1.807, 2.05) is 6.92 Å². The Kier molecular flexibility index (Phi) is 5.00. The Morgan fingerprint density at radius 1 is 1.50 bits per heavy atom. The van der Waals surface area contributed by atoms with Gasteiger partial charge in [0.2, 0.25) is 0 Å². The van der Waals surface area contributed by atoms with Gasteiger partial charge in [-0.25, -0.2) is 8.42 Å². The molecule has 3 nitrogen and oxygen atoms in total. The molecule has 0 aliphatic carbocycles. The Bertz CT molecular complexity index is 99.9. The number of hydrogen-bond donors (Lipinski definition) is 1. The van der Waals surface area contributed by atoms with Crippen molar-refractivity contribution in [3.63, 3.8) is 0 Å². The minimum Gasteiger partial charge on any atom is -0.381 e. The van der Waals surface area contributed by atoms with Gasteiger partial charge in [-0.3, -0.25) is 0 Å². The van der Waals surface area contributed by atoms with Gasteiger partial charge in [-0.1, -0.05) is 0 Å². The van der Waals surface area contributed by atoms with Crippen molar-refractivity contribution in [2.24, 2.45) is 0 Å². The maximum atomic E-state index is 9.83. The molecule has 0 N–H and O–H groups in total. The lowest BCUT2D eigenvalue weighted by molar-refractivity contribution is 0.164. The van der Waals surface area contributed by atoms with Crippen LogP contribution in [0.1, 0.15) is 6.92 Å². The van der Waals surface area contributed by atoms with Crippen LogP contribution in [0.5, 0.6) is 0 Å². The van der Waals surface area contributed by atoms with Gasteiger partial charge >= 0.3 is 0 Å². The van der Waals surface area contributed by atoms with E-state index in [9.17, 15) is 8.42 Å². The van der Waals surface area contributed by atoms with Gasteiger partial charge < -0.3 is 4.74 Å². The molecular formula is C4H10O3S. The minimum atomic E-state index is -2.24. The quantitative estimate of drug-likeness (QED) is 0.426. The first-order chi connectivity index (χ1) is 3.77. The predicted molar refractivity (Wildman–Crippen MR) is 31.7 cm³/mol. The summed E-state index contributed by atoms with van der Waals surface area (Å²) in [6.07, 6.45) is 0. The van der Waals surface area contributed by atoms with E-state index in [-0.39, 0.29) is 5.75 Å². The molecule has 0 heterocycles. The lowest BCUT2D eigenvalue weighted by Crippen LogP contribution is -1.99. The first-order valence-corrected chi connectivity index (χ1v) is 3.83. The predicted octanol–water partition coefficient (Wildman–Crippen LogP) is -0.366. The van der Waals surface area contributed by atoms with Crippen molar-refractivity contribution in [1.82, 2.24) is 0 Å². The Morgan fingerprint density at radius 3 is 2.50 bits per heavy atom. The molecule has 0 unspecified atom stereocenters. The van der Waals surface area contributed by atoms with Crippen LogP contribution in [0.25, 0.3) is 0 Å². The van der Waals surface area contributed by atoms with Crippen LogP contribution in [0.2, 0.25) is 0 Å². The molecule has 0 fully saturated rings. The van der Waals surface area contributed by atoms with E-state index in [2.05, 4.69) is 0 Å². The van der Waals surface area contributed by atoms with Crippen LogP contribution >= 0.6 is 0 Å². The molecule has 0 aromatic heterocycles. The molecule has 0 radical (unpaired) electrons. The number of hydrogen-bond acceptors (Lipinski definition) is 3. The van der Waals surface area contributed by atoms with Crippen LogP contribution in [0, 0.1) is 0 Å². The summed E-state index contributed by atoms with van der Waals surface area (Å²) in [5.41, 5.74) is 0. The zero-order valence-electron chi connectivity index (χ0n) is 4.79. The van der Waals surface area contributed by atoms with E-state index < -0.39 is 10.7 Å². The summed E-state index contributed by atoms with van der Waals surface area (Å²) < 4.78 is 24.4. The highest BCUT2D eigenvalue weighted by Crippen LogP contribution is 1.72. The Hall–Kier alpha value is -0.0900. The molecule has 0 saturated heterocycles. The summed E-state index contributed by atoms with van der Waals surface area (Å²) in [7, 11) is -2.24. The van der Waals surface area contributed by atoms with Gasteiger partial charge in [0.15, 0.2) is 0 Å². The largest absolute Gasteiger partial charge is 0.381 e. The van der Waals surface area contributed by atoms with E-state index in [0.29, 0.717) is 13.2 Å². The van der Waals surface area contributed by atoms with Crippen molar-refractivity contribution in [3.05, 3.63) is 0 Å². The van der Waals surface area contributed by atoms with E-state index in [1.165, 1.54) is 0 Å². The Balaban J connectivity index is 2.94. The average molecular weight is 138 g/mol. The van der Waals surface area contributed by atoms with Crippen molar-refractivity contribution < 1.29 is 13.2 Å². The zero-order valence-corrected chi connectivity index (χ0v) is 5.69. The van der Waals surface area contributed by atoms with Gasteiger partial charge in [0.1, 0.15) is 10.7 Å². The molecule has 8 heavy (non-hydrogen) atoms. The van der Waals surface area contributed by atoms with Crippen molar-refractivity contribution in [3.8, 4) is 0 Å². The summed E-state index contributed by atoms with van der Waals surface area (Å²) in [6.45, 7) is 2.75. The number of ether oxygens (including phenoxy) is 1. The normalized spacial score (nSPS) is 10.2. The number of thiol groups is 1. The second kappa shape index (κ2) is 5.05. The van der Waals surface area contributed by atoms with Crippen LogP contribution in [0.15, 0.2) is 0 Å². The molecular weight excluding hydrogens is 128 g/mol. The second-order valence-electron chi connectivity index (χ2n) is 1.25. The van der Waals surface area contributed by atoms with Crippen LogP contribution in [0.4, 0.5) is 0 Å². The van der Waals surface area contributed by atoms with Crippen LogP contribution < -0.4 is 0 Å². The topological polar surface area (TPSA) is 43.4 Å². The summed E-state index contributed by atoms with van der Waals surface area (Å²) in [5.74, 6) is 0.142. The highest BCUT2D eigenvalue weighted by molar-refractivity contribution is 7.72. The molecule has 0 amide bonds. The molecule has 0 spiro atoms. The van der Waals surface area contributed by atoms with Gasteiger partial charge in [-0.2, -0.15) is 0 Å². The molecule has 0 atom stereocenters. The molecule has 0 bridgehead atoms. The highest BCUT2D eigenvalue weighted by atomic mass is 32.2. The molecule has 0 aliphatic rings. The smallest absolute Gasteiger partial charge is 0.142 e. The third-order valence-electron chi connectivity index (χ3n) is 0.622. The van der Waals surface area contributed by atoms with Crippen molar-refractivity contribution in [2.75, 3.05) is 19.0 Å². The van der Waals surface area contributed by atoms with Crippen molar-refractivity contribution >= 4 is 10.7 Å². The monoisotopic (exact) mass is 138 g/mol. The minimum absolute atomic E-state index is 0.142. The third kappa shape index (κ3) is 5.91. The standard InChI is InChI=1S/C4H10O3S/c1-2-7-3-4-8(5)6/h8H,2-4H2,1H3. The Morgan fingerprint density at radius 2 is 2.12 bits per heavy atom. The van der Waals surface area contributed by atoms with E-state index >= 15 is 0 Å². The first kappa shape index (κ1) is 7.91. The fraction of sp³-hybridized carbons (Fsp3) is 1.00. The molecule has 0 aromatic carbocycles. The van der Waals surface area contributed by atoms with Gasteiger partial charge in [-0.05, 0) is 6.92 Å². The Labute approximate surface area is 50.6 Å². The van der Waals surface area contributed by atoms with Gasteiger partial charge in [0, 0.05) is 6.61 Å². The molecule has 50 valence electrons. The van der Waals surface area contributed by atoms with E-state index in [1.54, 1.807) is 0 Å². The van der Waals surface area contributed by atoms with E-state index in [4.69, 9.17) is 4.74 Å². The lowest BCUT2D eigenvalue weighted by atomic mass is 10.8. The third-order valence-corrected chi connectivity index (χ3v) is 1.17. The SMILES string of the molecule is CCOCC[SH](=O)=O. The maximum absolute atomic E-state index is 9.83. The summed E-state index contributed by atoms with van der Waals surface area (Å²) in [5, 5.41) is 0. The first-order valence-electron chi connectivity index (χ1n) is 2.47. The molecule has 0 saturated carbocycles. The lowest BCUT2D eigenvalue weighted by Gasteiger charge is -1.91. The average Bonchev–Trinajstić information content (AvgIpc) is 1.66. The van der Waals surface area contributed by atoms with Gasteiger partial charge in [0.25, 0.3) is 0 Å². The van der Waals surface area contributed by atoms with Crippen LogP contribution in [-0.2, 0) is 15.4 Å². The van der Waals surface area contributed by atoms with Crippen LogP contribution in [-0.4, -0.2) is 27.4 Å². The highest BCUT2D eigenvalue weighted by Gasteiger charge is 1.84. The van der Waals surface area contributed by atoms with E-state index in [0.717, 1.165) is 0 Å². The van der Waals surface area contributed by atoms with Crippen molar-refractivity contribution in [1.29, 1.82) is 0 Å². The van der Waals surface area contributed by atoms with Crippen LogP contribution in [0.3, 0.4) is 0 Å². The molecule has 4 heteroatoms. The number of rotatable bonds is 4. The summed E-state index contributed by atoms with van der Waals surface area (Å²) in [6, 6.07) is 0.